The molecule has 0 aromatic carbocycles. The summed E-state index contributed by atoms with van der Waals surface area (Å²) in [6, 6.07) is 3.22. The van der Waals surface area contributed by atoms with E-state index in [2.05, 4.69) is 36.0 Å². The molecule has 2 heterocycles. The van der Waals surface area contributed by atoms with Crippen LogP contribution in [0.15, 0.2) is 27.9 Å². The number of H-pyrrole nitrogens is 1. The van der Waals surface area contributed by atoms with E-state index < -0.39 is 11.2 Å². The zero-order valence-electron chi connectivity index (χ0n) is 13.3. The molecular formula is C16H20N4O2. The highest BCUT2D eigenvalue weighted by Crippen LogP contribution is 2.57. The second-order valence-electron chi connectivity index (χ2n) is 7.04. The predicted octanol–water partition coefficient (Wildman–Crippen LogP) is 1.77. The molecule has 1 saturated carbocycles. The molecule has 0 spiro atoms. The molecule has 3 rings (SSSR count). The molecule has 0 amide bonds. The predicted molar refractivity (Wildman–Crippen MR) is 83.3 cm³/mol. The van der Waals surface area contributed by atoms with Crippen LogP contribution in [0.2, 0.25) is 0 Å². The van der Waals surface area contributed by atoms with Gasteiger partial charge in [-0.3, -0.25) is 14.3 Å². The van der Waals surface area contributed by atoms with E-state index in [0.29, 0.717) is 17.7 Å². The molecular weight excluding hydrogens is 280 g/mol. The smallest absolute Gasteiger partial charge is 0.274 e. The minimum absolute atomic E-state index is 0.259. The first-order valence-corrected chi connectivity index (χ1v) is 7.44. The lowest BCUT2D eigenvalue weighted by molar-refractivity contribution is 0.343. The van der Waals surface area contributed by atoms with Crippen LogP contribution in [0.4, 0.5) is 0 Å². The van der Waals surface area contributed by atoms with Gasteiger partial charge in [-0.25, -0.2) is 4.79 Å². The Labute approximate surface area is 128 Å². The second kappa shape index (κ2) is 4.90. The first kappa shape index (κ1) is 14.7. The highest BCUT2D eigenvalue weighted by Gasteiger charge is 2.46. The van der Waals surface area contributed by atoms with Gasteiger partial charge < -0.3 is 0 Å². The van der Waals surface area contributed by atoms with E-state index in [0.717, 1.165) is 17.7 Å². The molecule has 1 aliphatic carbocycles. The lowest BCUT2D eigenvalue weighted by atomic mass is 9.87. The molecule has 0 aliphatic heterocycles. The molecule has 2 aromatic rings. The van der Waals surface area contributed by atoms with Crippen LogP contribution in [-0.4, -0.2) is 19.7 Å². The normalized spacial score (nSPS) is 20.9. The average molecular weight is 300 g/mol. The van der Waals surface area contributed by atoms with Gasteiger partial charge in [0.1, 0.15) is 0 Å². The molecule has 1 fully saturated rings. The zero-order chi connectivity index (χ0) is 16.1. The SMILES string of the molecule is Cc1nnc(-n2ccc(=O)[nH]c2=O)cc1C1CC1C(C)(C)C. The highest BCUT2D eigenvalue weighted by molar-refractivity contribution is 5.35. The summed E-state index contributed by atoms with van der Waals surface area (Å²) in [5, 5.41) is 8.28. The van der Waals surface area contributed by atoms with Crippen LogP contribution >= 0.6 is 0 Å². The number of nitrogens with zero attached hydrogens (tertiary/aromatic N) is 3. The number of aryl methyl sites for hydroxylation is 1. The van der Waals surface area contributed by atoms with E-state index in [4.69, 9.17) is 0 Å². The van der Waals surface area contributed by atoms with Crippen molar-refractivity contribution in [3.05, 3.63) is 50.4 Å². The largest absolute Gasteiger partial charge is 0.334 e. The number of aromatic amines is 1. The van der Waals surface area contributed by atoms with E-state index in [1.54, 1.807) is 0 Å². The monoisotopic (exact) mass is 300 g/mol. The summed E-state index contributed by atoms with van der Waals surface area (Å²) in [7, 11) is 0. The van der Waals surface area contributed by atoms with Crippen molar-refractivity contribution < 1.29 is 0 Å². The van der Waals surface area contributed by atoms with Crippen LogP contribution in [0.3, 0.4) is 0 Å². The van der Waals surface area contributed by atoms with Crippen molar-refractivity contribution in [1.29, 1.82) is 0 Å². The summed E-state index contributed by atoms with van der Waals surface area (Å²) in [6.07, 6.45) is 2.56. The van der Waals surface area contributed by atoms with Crippen molar-refractivity contribution in [3.63, 3.8) is 0 Å². The fourth-order valence-electron chi connectivity index (χ4n) is 3.04. The summed E-state index contributed by atoms with van der Waals surface area (Å²) in [5.41, 5.74) is 1.38. The molecule has 22 heavy (non-hydrogen) atoms. The molecule has 2 unspecified atom stereocenters. The summed E-state index contributed by atoms with van der Waals surface area (Å²) in [5.74, 6) is 1.53. The Balaban J connectivity index is 2.01. The Morgan fingerprint density at radius 1 is 1.27 bits per heavy atom. The molecule has 1 aliphatic rings. The van der Waals surface area contributed by atoms with E-state index in [-0.39, 0.29) is 5.41 Å². The van der Waals surface area contributed by atoms with Gasteiger partial charge in [0.25, 0.3) is 5.56 Å². The van der Waals surface area contributed by atoms with Crippen LogP contribution in [0, 0.1) is 18.3 Å². The summed E-state index contributed by atoms with van der Waals surface area (Å²) >= 11 is 0. The standard InChI is InChI=1S/C16H20N4O2/c1-9-10(11-7-12(11)16(2,3)4)8-13(19-18-9)20-6-5-14(21)17-15(20)22/h5-6,8,11-12H,7H2,1-4H3,(H,17,21,22). The lowest BCUT2D eigenvalue weighted by Crippen LogP contribution is -2.28. The average Bonchev–Trinajstić information content (AvgIpc) is 3.20. The molecule has 2 aromatic heterocycles. The number of rotatable bonds is 2. The van der Waals surface area contributed by atoms with E-state index in [1.165, 1.54) is 16.8 Å². The van der Waals surface area contributed by atoms with Crippen molar-refractivity contribution in [2.75, 3.05) is 0 Å². The maximum absolute atomic E-state index is 11.9. The lowest BCUT2D eigenvalue weighted by Gasteiger charge is -2.18. The number of hydrogen-bond acceptors (Lipinski definition) is 4. The minimum atomic E-state index is -0.500. The first-order valence-electron chi connectivity index (χ1n) is 7.44. The highest BCUT2D eigenvalue weighted by atomic mass is 16.2. The van der Waals surface area contributed by atoms with Crippen molar-refractivity contribution in [2.45, 2.75) is 40.0 Å². The molecule has 2 atom stereocenters. The van der Waals surface area contributed by atoms with Crippen LogP contribution in [0.5, 0.6) is 0 Å². The van der Waals surface area contributed by atoms with E-state index in [1.807, 2.05) is 13.0 Å². The first-order chi connectivity index (χ1) is 10.3. The van der Waals surface area contributed by atoms with Gasteiger partial charge in [0, 0.05) is 12.3 Å². The van der Waals surface area contributed by atoms with Crippen molar-refractivity contribution in [2.24, 2.45) is 11.3 Å². The van der Waals surface area contributed by atoms with Gasteiger partial charge in [-0.05, 0) is 42.2 Å². The van der Waals surface area contributed by atoms with Gasteiger partial charge in [0.05, 0.1) is 5.69 Å². The summed E-state index contributed by atoms with van der Waals surface area (Å²) in [6.45, 7) is 8.68. The quantitative estimate of drug-likeness (QED) is 0.916. The maximum atomic E-state index is 11.9. The molecule has 1 N–H and O–H groups in total. The van der Waals surface area contributed by atoms with Gasteiger partial charge in [-0.15, -0.1) is 5.10 Å². The van der Waals surface area contributed by atoms with Crippen molar-refractivity contribution in [3.8, 4) is 5.82 Å². The van der Waals surface area contributed by atoms with Gasteiger partial charge in [0.15, 0.2) is 5.82 Å². The van der Waals surface area contributed by atoms with Crippen LogP contribution in [0.1, 0.15) is 44.4 Å². The van der Waals surface area contributed by atoms with Crippen molar-refractivity contribution in [1.82, 2.24) is 19.7 Å². The van der Waals surface area contributed by atoms with Gasteiger partial charge in [-0.2, -0.15) is 5.10 Å². The number of nitrogens with one attached hydrogen (secondary N) is 1. The fraction of sp³-hybridized carbons (Fsp3) is 0.500. The Bertz CT molecular complexity index is 829. The molecule has 0 saturated heterocycles. The van der Waals surface area contributed by atoms with Crippen molar-refractivity contribution >= 4 is 0 Å². The molecule has 6 heteroatoms. The Morgan fingerprint density at radius 2 is 2.00 bits per heavy atom. The van der Waals surface area contributed by atoms with Crippen LogP contribution in [-0.2, 0) is 0 Å². The summed E-state index contributed by atoms with van der Waals surface area (Å²) < 4.78 is 1.31. The van der Waals surface area contributed by atoms with Gasteiger partial charge >= 0.3 is 5.69 Å². The number of aromatic nitrogens is 4. The van der Waals surface area contributed by atoms with Gasteiger partial charge in [-0.1, -0.05) is 20.8 Å². The third kappa shape index (κ3) is 2.61. The molecule has 0 radical (unpaired) electrons. The minimum Gasteiger partial charge on any atom is -0.274 e. The molecule has 116 valence electrons. The Morgan fingerprint density at radius 3 is 2.59 bits per heavy atom. The third-order valence-electron chi connectivity index (χ3n) is 4.38. The van der Waals surface area contributed by atoms with E-state index >= 15 is 0 Å². The summed E-state index contributed by atoms with van der Waals surface area (Å²) in [4.78, 5) is 25.3. The Hall–Kier alpha value is -2.24. The third-order valence-corrected chi connectivity index (χ3v) is 4.38. The number of hydrogen-bond donors (Lipinski definition) is 1. The molecule has 6 nitrogen and oxygen atoms in total. The van der Waals surface area contributed by atoms with Crippen LogP contribution < -0.4 is 11.2 Å². The van der Waals surface area contributed by atoms with Gasteiger partial charge in [0.2, 0.25) is 0 Å². The Kier molecular flexibility index (Phi) is 3.27. The van der Waals surface area contributed by atoms with E-state index in [9.17, 15) is 9.59 Å². The van der Waals surface area contributed by atoms with Crippen LogP contribution in [0.25, 0.3) is 5.82 Å². The molecule has 0 bridgehead atoms. The fourth-order valence-corrected chi connectivity index (χ4v) is 3.04. The maximum Gasteiger partial charge on any atom is 0.334 e. The topological polar surface area (TPSA) is 80.6 Å². The second-order valence-corrected chi connectivity index (χ2v) is 7.04. The zero-order valence-corrected chi connectivity index (χ0v) is 13.3.